The number of sulfonamides is 1. The first kappa shape index (κ1) is 13.4. The lowest BCUT2D eigenvalue weighted by Gasteiger charge is -2.07. The number of amides is 1. The first-order valence-corrected chi connectivity index (χ1v) is 6.71. The molecule has 1 aromatic heterocycles. The van der Waals surface area contributed by atoms with Gasteiger partial charge in [-0.05, 0) is 6.07 Å². The molecular weight excluding hydrogens is 244 g/mol. The van der Waals surface area contributed by atoms with Crippen LogP contribution in [0.4, 0.5) is 5.69 Å². The molecule has 0 bridgehead atoms. The van der Waals surface area contributed by atoms with Crippen molar-refractivity contribution in [3.63, 3.8) is 0 Å². The molecule has 0 aliphatic carbocycles. The van der Waals surface area contributed by atoms with Gasteiger partial charge in [0.25, 0.3) is 5.91 Å². The lowest BCUT2D eigenvalue weighted by molar-refractivity contribution is 0.0955. The van der Waals surface area contributed by atoms with Gasteiger partial charge >= 0.3 is 0 Å². The topological polar surface area (TPSA) is 114 Å². The number of nitrogens with two attached hydrogens (primary N) is 1. The number of hydrogen-bond acceptors (Lipinski definition) is 5. The van der Waals surface area contributed by atoms with Gasteiger partial charge in [-0.1, -0.05) is 0 Å². The van der Waals surface area contributed by atoms with Gasteiger partial charge in [0.1, 0.15) is 0 Å². The van der Waals surface area contributed by atoms with Gasteiger partial charge in [0, 0.05) is 19.3 Å². The van der Waals surface area contributed by atoms with Gasteiger partial charge < -0.3 is 11.1 Å². The second-order valence-corrected chi connectivity index (χ2v) is 5.22. The summed E-state index contributed by atoms with van der Waals surface area (Å²) in [5, 5.41) is 2.54. The molecule has 0 aliphatic heterocycles. The maximum absolute atomic E-state index is 11.6. The number of pyridine rings is 1. The van der Waals surface area contributed by atoms with Crippen LogP contribution in [0.2, 0.25) is 0 Å². The molecule has 0 saturated heterocycles. The van der Waals surface area contributed by atoms with Crippen LogP contribution in [-0.4, -0.2) is 38.7 Å². The maximum Gasteiger partial charge on any atom is 0.253 e. The second kappa shape index (κ2) is 5.60. The Morgan fingerprint density at radius 2 is 2.18 bits per heavy atom. The summed E-state index contributed by atoms with van der Waals surface area (Å²) in [6.45, 7) is 0.323. The zero-order chi connectivity index (χ0) is 12.9. The van der Waals surface area contributed by atoms with Crippen molar-refractivity contribution in [2.24, 2.45) is 0 Å². The van der Waals surface area contributed by atoms with Gasteiger partial charge in [0.05, 0.1) is 23.7 Å². The number of carbonyl (C=O) groups excluding carboxylic acids is 1. The Morgan fingerprint density at radius 3 is 2.76 bits per heavy atom. The second-order valence-electron chi connectivity index (χ2n) is 3.39. The molecular formula is C9H14N4O3S. The van der Waals surface area contributed by atoms with Crippen molar-refractivity contribution in [1.29, 1.82) is 0 Å². The van der Waals surface area contributed by atoms with E-state index in [0.29, 0.717) is 5.56 Å². The largest absolute Gasteiger partial charge is 0.397 e. The molecule has 0 fully saturated rings. The van der Waals surface area contributed by atoms with E-state index in [4.69, 9.17) is 5.73 Å². The standard InChI is InChI=1S/C9H14N4O3S/c1-17(15,16)13-5-4-12-9(14)7-2-3-11-6-8(7)10/h2-3,6,13H,4-5,10H2,1H3,(H,12,14). The Hall–Kier alpha value is -1.67. The van der Waals surface area contributed by atoms with E-state index in [1.165, 1.54) is 18.5 Å². The maximum atomic E-state index is 11.6. The third-order valence-electron chi connectivity index (χ3n) is 1.87. The SMILES string of the molecule is CS(=O)(=O)NCCNC(=O)c1ccncc1N. The fourth-order valence-corrected chi connectivity index (χ4v) is 1.59. The number of hydrogen-bond donors (Lipinski definition) is 3. The smallest absolute Gasteiger partial charge is 0.253 e. The van der Waals surface area contributed by atoms with Crippen molar-refractivity contribution in [1.82, 2.24) is 15.0 Å². The molecule has 0 unspecified atom stereocenters. The van der Waals surface area contributed by atoms with Crippen molar-refractivity contribution < 1.29 is 13.2 Å². The van der Waals surface area contributed by atoms with E-state index in [0.717, 1.165) is 6.26 Å². The molecule has 0 spiro atoms. The molecule has 7 nitrogen and oxygen atoms in total. The molecule has 0 atom stereocenters. The summed E-state index contributed by atoms with van der Waals surface area (Å²) in [6.07, 6.45) is 3.89. The molecule has 4 N–H and O–H groups in total. The number of anilines is 1. The van der Waals surface area contributed by atoms with E-state index in [1.807, 2.05) is 0 Å². The molecule has 8 heteroatoms. The Kier molecular flexibility index (Phi) is 4.41. The van der Waals surface area contributed by atoms with E-state index < -0.39 is 10.0 Å². The monoisotopic (exact) mass is 258 g/mol. The van der Waals surface area contributed by atoms with E-state index in [2.05, 4.69) is 15.0 Å². The highest BCUT2D eigenvalue weighted by atomic mass is 32.2. The summed E-state index contributed by atoms with van der Waals surface area (Å²) >= 11 is 0. The van der Waals surface area contributed by atoms with Crippen LogP contribution in [0, 0.1) is 0 Å². The molecule has 17 heavy (non-hydrogen) atoms. The lowest BCUT2D eigenvalue weighted by Crippen LogP contribution is -2.34. The average molecular weight is 258 g/mol. The Labute approximate surface area is 99.5 Å². The van der Waals surface area contributed by atoms with E-state index in [9.17, 15) is 13.2 Å². The Morgan fingerprint density at radius 1 is 1.47 bits per heavy atom. The highest BCUT2D eigenvalue weighted by Crippen LogP contribution is 2.07. The molecule has 0 radical (unpaired) electrons. The van der Waals surface area contributed by atoms with Crippen LogP contribution in [0.5, 0.6) is 0 Å². The molecule has 1 heterocycles. The van der Waals surface area contributed by atoms with Crippen LogP contribution in [0.15, 0.2) is 18.5 Å². The number of carbonyl (C=O) groups is 1. The van der Waals surface area contributed by atoms with Gasteiger partial charge in [0.15, 0.2) is 0 Å². The van der Waals surface area contributed by atoms with Crippen molar-refractivity contribution >= 4 is 21.6 Å². The van der Waals surface area contributed by atoms with Gasteiger partial charge in [-0.15, -0.1) is 0 Å². The summed E-state index contributed by atoms with van der Waals surface area (Å²) in [7, 11) is -3.23. The van der Waals surface area contributed by atoms with Crippen molar-refractivity contribution in [3.05, 3.63) is 24.0 Å². The van der Waals surface area contributed by atoms with Crippen LogP contribution >= 0.6 is 0 Å². The zero-order valence-corrected chi connectivity index (χ0v) is 10.1. The normalized spacial score (nSPS) is 11.1. The minimum Gasteiger partial charge on any atom is -0.397 e. The molecule has 94 valence electrons. The predicted molar refractivity (Wildman–Crippen MR) is 63.8 cm³/mol. The number of nitrogen functional groups attached to an aromatic ring is 1. The van der Waals surface area contributed by atoms with Crippen LogP contribution in [0.1, 0.15) is 10.4 Å². The van der Waals surface area contributed by atoms with E-state index in [-0.39, 0.29) is 24.7 Å². The molecule has 0 saturated carbocycles. The first-order valence-electron chi connectivity index (χ1n) is 4.82. The summed E-state index contributed by atoms with van der Waals surface area (Å²) in [4.78, 5) is 15.4. The van der Waals surface area contributed by atoms with Crippen LogP contribution in [-0.2, 0) is 10.0 Å². The highest BCUT2D eigenvalue weighted by Gasteiger charge is 2.08. The minimum absolute atomic E-state index is 0.134. The Bertz CT molecular complexity index is 501. The van der Waals surface area contributed by atoms with Crippen molar-refractivity contribution in [2.75, 3.05) is 25.1 Å². The quantitative estimate of drug-likeness (QED) is 0.583. The summed E-state index contributed by atoms with van der Waals surface area (Å²) in [5.74, 6) is -0.361. The van der Waals surface area contributed by atoms with E-state index in [1.54, 1.807) is 0 Å². The number of nitrogens with zero attached hydrogens (tertiary/aromatic N) is 1. The molecule has 0 aromatic carbocycles. The van der Waals surface area contributed by atoms with Crippen molar-refractivity contribution in [3.8, 4) is 0 Å². The Balaban J connectivity index is 2.44. The van der Waals surface area contributed by atoms with Gasteiger partial charge in [-0.25, -0.2) is 13.1 Å². The summed E-state index contributed by atoms with van der Waals surface area (Å²) < 4.78 is 23.8. The molecule has 0 aliphatic rings. The highest BCUT2D eigenvalue weighted by molar-refractivity contribution is 7.88. The van der Waals surface area contributed by atoms with Crippen LogP contribution in [0.25, 0.3) is 0 Å². The van der Waals surface area contributed by atoms with E-state index >= 15 is 0 Å². The summed E-state index contributed by atoms with van der Waals surface area (Å²) in [5.41, 5.74) is 6.16. The fourth-order valence-electron chi connectivity index (χ4n) is 1.12. The van der Waals surface area contributed by atoms with Gasteiger partial charge in [-0.2, -0.15) is 0 Å². The zero-order valence-electron chi connectivity index (χ0n) is 9.30. The number of aromatic nitrogens is 1. The minimum atomic E-state index is -3.23. The lowest BCUT2D eigenvalue weighted by atomic mass is 10.2. The number of nitrogens with one attached hydrogen (secondary N) is 2. The molecule has 1 aromatic rings. The van der Waals surface area contributed by atoms with Gasteiger partial charge in [0.2, 0.25) is 10.0 Å². The van der Waals surface area contributed by atoms with Crippen molar-refractivity contribution in [2.45, 2.75) is 0 Å². The van der Waals surface area contributed by atoms with Gasteiger partial charge in [-0.3, -0.25) is 9.78 Å². The first-order chi connectivity index (χ1) is 7.90. The van der Waals surface area contributed by atoms with Crippen LogP contribution < -0.4 is 15.8 Å². The molecule has 1 rings (SSSR count). The average Bonchev–Trinajstić information content (AvgIpc) is 2.23. The summed E-state index contributed by atoms with van der Waals surface area (Å²) in [6, 6.07) is 1.49. The molecule has 1 amide bonds. The fraction of sp³-hybridized carbons (Fsp3) is 0.333. The number of rotatable bonds is 5. The predicted octanol–water partition coefficient (Wildman–Crippen LogP) is -1.06. The third kappa shape index (κ3) is 4.79. The van der Waals surface area contributed by atoms with Crippen LogP contribution in [0.3, 0.4) is 0 Å². The third-order valence-corrected chi connectivity index (χ3v) is 2.60.